The van der Waals surface area contributed by atoms with Crippen molar-refractivity contribution in [3.8, 4) is 0 Å². The van der Waals surface area contributed by atoms with Crippen molar-refractivity contribution in [3.63, 3.8) is 0 Å². The van der Waals surface area contributed by atoms with E-state index in [2.05, 4.69) is 32.8 Å². The molecular formula is C30H40N4O4S2. The van der Waals surface area contributed by atoms with Crippen LogP contribution in [0.5, 0.6) is 0 Å². The summed E-state index contributed by atoms with van der Waals surface area (Å²) in [5.74, 6) is -0.354. The minimum Gasteiger partial charge on any atom is -0.351 e. The van der Waals surface area contributed by atoms with Crippen LogP contribution >= 0.6 is 11.8 Å². The molecule has 1 N–H and O–H groups in total. The van der Waals surface area contributed by atoms with Crippen LogP contribution in [-0.4, -0.2) is 78.8 Å². The Hall–Kier alpha value is -2.43. The van der Waals surface area contributed by atoms with E-state index in [-0.39, 0.29) is 29.7 Å². The molecule has 10 heteroatoms. The Kier molecular flexibility index (Phi) is 8.32. The third kappa shape index (κ3) is 5.54. The van der Waals surface area contributed by atoms with Crippen LogP contribution in [0.25, 0.3) is 10.9 Å². The van der Waals surface area contributed by atoms with E-state index in [0.717, 1.165) is 47.2 Å². The zero-order valence-corrected chi connectivity index (χ0v) is 25.6. The number of hydrogen-bond acceptors (Lipinski definition) is 6. The van der Waals surface area contributed by atoms with Gasteiger partial charge in [0.1, 0.15) is 0 Å². The molecule has 1 saturated carbocycles. The third-order valence-corrected chi connectivity index (χ3v) is 11.6. The smallest absolute Gasteiger partial charge is 0.255 e. The van der Waals surface area contributed by atoms with Gasteiger partial charge in [-0.2, -0.15) is 0 Å². The quantitative estimate of drug-likeness (QED) is 0.494. The number of fused-ring (bicyclic) bond motifs is 1. The van der Waals surface area contributed by atoms with Gasteiger partial charge in [0, 0.05) is 65.2 Å². The predicted octanol–water partition coefficient (Wildman–Crippen LogP) is 4.39. The summed E-state index contributed by atoms with van der Waals surface area (Å²) in [6.45, 7) is 7.64. The summed E-state index contributed by atoms with van der Waals surface area (Å²) >= 11 is 1.52. The van der Waals surface area contributed by atoms with Gasteiger partial charge >= 0.3 is 0 Å². The molecule has 2 aromatic rings. The van der Waals surface area contributed by atoms with Crippen molar-refractivity contribution in [2.45, 2.75) is 63.8 Å². The van der Waals surface area contributed by atoms with Gasteiger partial charge in [-0.1, -0.05) is 18.2 Å². The fraction of sp³-hybridized carbons (Fsp3) is 0.567. The highest BCUT2D eigenvalue weighted by Gasteiger charge is 2.40. The molecular weight excluding hydrogens is 544 g/mol. The van der Waals surface area contributed by atoms with Gasteiger partial charge in [-0.25, -0.2) is 13.4 Å². The Morgan fingerprint density at radius 3 is 2.48 bits per heavy atom. The summed E-state index contributed by atoms with van der Waals surface area (Å²) in [5, 5.41) is 3.76. The molecule has 40 heavy (non-hydrogen) atoms. The number of sulfone groups is 1. The van der Waals surface area contributed by atoms with Crippen molar-refractivity contribution in [2.24, 2.45) is 16.8 Å². The van der Waals surface area contributed by atoms with Crippen LogP contribution in [-0.2, 0) is 14.6 Å². The summed E-state index contributed by atoms with van der Waals surface area (Å²) < 4.78 is 26.0. The molecule has 0 spiro atoms. The molecule has 3 heterocycles. The second kappa shape index (κ2) is 11.4. The second-order valence-electron chi connectivity index (χ2n) is 11.7. The van der Waals surface area contributed by atoms with Crippen LogP contribution in [0, 0.1) is 18.8 Å². The van der Waals surface area contributed by atoms with E-state index in [1.165, 1.54) is 18.0 Å². The van der Waals surface area contributed by atoms with Gasteiger partial charge in [0.05, 0.1) is 16.7 Å². The first-order valence-electron chi connectivity index (χ1n) is 14.1. The number of rotatable bonds is 8. The molecule has 216 valence electrons. The van der Waals surface area contributed by atoms with Gasteiger partial charge in [-0.3, -0.25) is 14.5 Å². The first-order chi connectivity index (χ1) is 19.0. The average Bonchev–Trinajstić information content (AvgIpc) is 3.17. The van der Waals surface area contributed by atoms with Crippen molar-refractivity contribution in [3.05, 3.63) is 46.5 Å². The summed E-state index contributed by atoms with van der Waals surface area (Å²) in [6.07, 6.45) is 9.49. The number of amides is 2. The number of aliphatic imine (C=N–C) groups is 1. The number of aromatic nitrogens is 1. The molecule has 1 aliphatic carbocycles. The van der Waals surface area contributed by atoms with Crippen LogP contribution in [0.15, 0.2) is 40.2 Å². The minimum atomic E-state index is -2.95. The molecule has 2 aliphatic heterocycles. The van der Waals surface area contributed by atoms with Crippen LogP contribution in [0.4, 0.5) is 0 Å². The van der Waals surface area contributed by atoms with E-state index < -0.39 is 15.8 Å². The summed E-state index contributed by atoms with van der Waals surface area (Å²) in [6, 6.07) is 8.75. The number of benzene rings is 1. The van der Waals surface area contributed by atoms with Crippen molar-refractivity contribution in [1.82, 2.24) is 14.8 Å². The van der Waals surface area contributed by atoms with Gasteiger partial charge in [0.2, 0.25) is 0 Å². The lowest BCUT2D eigenvalue weighted by Gasteiger charge is -2.46. The number of nitrogens with zero attached hydrogens (tertiary/aromatic N) is 3. The van der Waals surface area contributed by atoms with Gasteiger partial charge in [0.15, 0.2) is 9.84 Å². The van der Waals surface area contributed by atoms with Crippen molar-refractivity contribution < 1.29 is 18.0 Å². The molecule has 1 unspecified atom stereocenters. The first kappa shape index (κ1) is 29.1. The molecule has 3 aliphatic rings. The molecule has 1 aromatic carbocycles. The Bertz CT molecular complexity index is 1480. The fourth-order valence-corrected chi connectivity index (χ4v) is 8.47. The molecule has 0 bridgehead atoms. The highest BCUT2D eigenvalue weighted by Crippen LogP contribution is 2.40. The summed E-state index contributed by atoms with van der Waals surface area (Å²) in [7, 11) is -2.95. The fourth-order valence-electron chi connectivity index (χ4n) is 6.79. The molecule has 2 fully saturated rings. The highest BCUT2D eigenvalue weighted by molar-refractivity contribution is 8.02. The lowest BCUT2D eigenvalue weighted by atomic mass is 9.80. The maximum absolute atomic E-state index is 13.6. The predicted molar refractivity (Wildman–Crippen MR) is 163 cm³/mol. The number of thioether (sulfide) groups is 1. The lowest BCUT2D eigenvalue weighted by Crippen LogP contribution is -2.58. The Morgan fingerprint density at radius 1 is 1.15 bits per heavy atom. The number of nitrogens with one attached hydrogen (secondary N) is 1. The highest BCUT2D eigenvalue weighted by atomic mass is 32.2. The number of allylic oxidation sites excluding steroid dienone is 1. The molecule has 2 atom stereocenters. The van der Waals surface area contributed by atoms with E-state index in [1.807, 2.05) is 44.4 Å². The minimum absolute atomic E-state index is 0.166. The van der Waals surface area contributed by atoms with Crippen LogP contribution in [0.3, 0.4) is 0 Å². The summed E-state index contributed by atoms with van der Waals surface area (Å²) in [4.78, 5) is 33.6. The lowest BCUT2D eigenvalue weighted by molar-refractivity contribution is -0.120. The van der Waals surface area contributed by atoms with Crippen LogP contribution in [0.1, 0.15) is 61.6 Å². The molecule has 8 nitrogen and oxygen atoms in total. The van der Waals surface area contributed by atoms with Gasteiger partial charge < -0.3 is 9.88 Å². The molecule has 1 aromatic heterocycles. The number of para-hydroxylation sites is 1. The number of dihydropyridines is 1. The number of likely N-dealkylation sites (tertiary alicyclic amines) is 1. The van der Waals surface area contributed by atoms with E-state index in [0.29, 0.717) is 36.3 Å². The van der Waals surface area contributed by atoms with Crippen molar-refractivity contribution in [2.75, 3.05) is 32.1 Å². The van der Waals surface area contributed by atoms with E-state index >= 15 is 0 Å². The first-order valence-corrected chi connectivity index (χ1v) is 17.3. The maximum atomic E-state index is 13.6. The van der Waals surface area contributed by atoms with E-state index in [9.17, 15) is 18.0 Å². The van der Waals surface area contributed by atoms with Gasteiger partial charge in [-0.05, 0) is 70.8 Å². The van der Waals surface area contributed by atoms with E-state index in [4.69, 9.17) is 0 Å². The molecule has 1 saturated heterocycles. The van der Waals surface area contributed by atoms with E-state index in [1.54, 1.807) is 0 Å². The zero-order valence-electron chi connectivity index (χ0n) is 24.0. The van der Waals surface area contributed by atoms with Crippen molar-refractivity contribution >= 4 is 50.0 Å². The summed E-state index contributed by atoms with van der Waals surface area (Å²) in [5.41, 5.74) is 3.36. The number of carbonyl (C=O) groups excluding carboxylic acids is 2. The third-order valence-electron chi connectivity index (χ3n) is 9.19. The van der Waals surface area contributed by atoms with Crippen molar-refractivity contribution in [1.29, 1.82) is 0 Å². The molecule has 0 radical (unpaired) electrons. The van der Waals surface area contributed by atoms with Crippen LogP contribution in [0.2, 0.25) is 0 Å². The monoisotopic (exact) mass is 584 g/mol. The number of hydrogen-bond donors (Lipinski definition) is 1. The molecule has 5 rings (SSSR count). The zero-order chi connectivity index (χ0) is 28.8. The Labute approximate surface area is 241 Å². The SMILES string of the molecule is CSC1=CC(C)=NC(=O)C1CNC(=O)c1c(C)n([C@H](C)C2CCC(N3CC(S(C)(=O)=O)C3)CC2)c2ccccc12. The standard InChI is InChI=1S/C30H40N4O4S2/c1-18-14-27(39-4)25(29(35)32-18)15-31-30(36)28-20(3)34(26-9-7-6-8-24(26)28)19(2)21-10-12-22(13-11-21)33-16-23(17-33)40(5,37)38/h6-9,14,19,21-23,25H,10-13,15-17H2,1-5H3,(H,31,36)/t19-,21?,22?,25?/m1/s1. The number of carbonyl (C=O) groups is 2. The Morgan fingerprint density at radius 2 is 1.82 bits per heavy atom. The molecule has 2 amide bonds. The van der Waals surface area contributed by atoms with Gasteiger partial charge in [0.25, 0.3) is 11.8 Å². The average molecular weight is 585 g/mol. The second-order valence-corrected chi connectivity index (χ2v) is 14.9. The van der Waals surface area contributed by atoms with Gasteiger partial charge in [-0.15, -0.1) is 11.8 Å². The largest absolute Gasteiger partial charge is 0.351 e. The normalized spacial score (nSPS) is 25.3. The topological polar surface area (TPSA) is 101 Å². The Balaban J connectivity index is 1.30. The van der Waals surface area contributed by atoms with Crippen LogP contribution < -0.4 is 5.32 Å². The maximum Gasteiger partial charge on any atom is 0.255 e.